The van der Waals surface area contributed by atoms with Crippen LogP contribution in [0.25, 0.3) is 0 Å². The molecule has 0 aliphatic rings. The number of aryl methyl sites for hydroxylation is 1. The van der Waals surface area contributed by atoms with Crippen molar-refractivity contribution in [3.63, 3.8) is 0 Å². The molecule has 1 aromatic heterocycles. The maximum Gasteiger partial charge on any atom is 0.0558 e. The summed E-state index contributed by atoms with van der Waals surface area (Å²) in [6.07, 6.45) is 6.47. The van der Waals surface area contributed by atoms with Gasteiger partial charge >= 0.3 is 0 Å². The average Bonchev–Trinajstić information content (AvgIpc) is 2.45. The minimum atomic E-state index is 0.282. The zero-order valence-electron chi connectivity index (χ0n) is 12.8. The minimum absolute atomic E-state index is 0.282. The Hall–Kier alpha value is -0.930. The summed E-state index contributed by atoms with van der Waals surface area (Å²) < 4.78 is 5.37. The highest BCUT2D eigenvalue weighted by atomic mass is 16.5. The maximum absolute atomic E-state index is 5.37. The number of hydrogen-bond acceptors (Lipinski definition) is 3. The Balaban J connectivity index is 2.58. The van der Waals surface area contributed by atoms with E-state index < -0.39 is 0 Å². The van der Waals surface area contributed by atoms with Gasteiger partial charge in [-0.2, -0.15) is 0 Å². The van der Waals surface area contributed by atoms with Gasteiger partial charge in [0.05, 0.1) is 6.10 Å². The van der Waals surface area contributed by atoms with Crippen molar-refractivity contribution in [1.82, 2.24) is 10.3 Å². The van der Waals surface area contributed by atoms with Crippen molar-refractivity contribution in [1.29, 1.82) is 0 Å². The lowest BCUT2D eigenvalue weighted by Gasteiger charge is -2.21. The van der Waals surface area contributed by atoms with E-state index in [2.05, 4.69) is 43.2 Å². The van der Waals surface area contributed by atoms with E-state index in [1.54, 1.807) is 7.11 Å². The monoisotopic (exact) mass is 264 g/mol. The first-order valence-corrected chi connectivity index (χ1v) is 7.39. The molecule has 0 saturated carbocycles. The molecule has 1 aromatic rings. The second-order valence-corrected chi connectivity index (χ2v) is 5.15. The number of aromatic nitrogens is 1. The molecule has 2 unspecified atom stereocenters. The van der Waals surface area contributed by atoms with Gasteiger partial charge in [0.1, 0.15) is 0 Å². The van der Waals surface area contributed by atoms with Crippen LogP contribution in [0.2, 0.25) is 0 Å². The molecule has 0 bridgehead atoms. The van der Waals surface area contributed by atoms with E-state index in [1.807, 2.05) is 6.20 Å². The Kier molecular flexibility index (Phi) is 7.68. The van der Waals surface area contributed by atoms with Crippen molar-refractivity contribution in [3.05, 3.63) is 29.6 Å². The summed E-state index contributed by atoms with van der Waals surface area (Å²) in [5.41, 5.74) is 2.46. The van der Waals surface area contributed by atoms with Crippen LogP contribution in [0, 0.1) is 0 Å². The summed E-state index contributed by atoms with van der Waals surface area (Å²) in [6, 6.07) is 4.77. The van der Waals surface area contributed by atoms with E-state index in [-0.39, 0.29) is 6.10 Å². The molecular formula is C16H28N2O. The van der Waals surface area contributed by atoms with Gasteiger partial charge in [-0.05, 0) is 44.4 Å². The van der Waals surface area contributed by atoms with Crippen LogP contribution in [0.1, 0.15) is 44.9 Å². The summed E-state index contributed by atoms with van der Waals surface area (Å²) in [7, 11) is 1.77. The van der Waals surface area contributed by atoms with E-state index in [9.17, 15) is 0 Å². The summed E-state index contributed by atoms with van der Waals surface area (Å²) in [4.78, 5) is 4.55. The normalized spacial score (nSPS) is 14.3. The lowest BCUT2D eigenvalue weighted by Crippen LogP contribution is -2.35. The predicted molar refractivity (Wildman–Crippen MR) is 80.5 cm³/mol. The highest BCUT2D eigenvalue weighted by molar-refractivity contribution is 5.14. The van der Waals surface area contributed by atoms with Gasteiger partial charge in [-0.3, -0.25) is 4.98 Å². The van der Waals surface area contributed by atoms with Crippen molar-refractivity contribution in [2.75, 3.05) is 13.7 Å². The lowest BCUT2D eigenvalue weighted by molar-refractivity contribution is 0.100. The van der Waals surface area contributed by atoms with Crippen molar-refractivity contribution in [2.45, 2.75) is 58.6 Å². The number of nitrogens with zero attached hydrogens (tertiary/aromatic N) is 1. The Morgan fingerprint density at radius 2 is 2.11 bits per heavy atom. The number of methoxy groups -OCH3 is 1. The van der Waals surface area contributed by atoms with Gasteiger partial charge in [0.25, 0.3) is 0 Å². The first-order valence-electron chi connectivity index (χ1n) is 7.39. The van der Waals surface area contributed by atoms with Crippen molar-refractivity contribution >= 4 is 0 Å². The molecule has 0 saturated heterocycles. The summed E-state index contributed by atoms with van der Waals surface area (Å²) in [6.45, 7) is 7.52. The molecule has 0 aliphatic heterocycles. The SMILES string of the molecule is CCCNC(Cc1ccc(CC)cn1)CC(C)OC. The average molecular weight is 264 g/mol. The Morgan fingerprint density at radius 1 is 1.32 bits per heavy atom. The molecule has 0 radical (unpaired) electrons. The highest BCUT2D eigenvalue weighted by Crippen LogP contribution is 2.09. The Bertz CT molecular complexity index is 337. The van der Waals surface area contributed by atoms with Crippen LogP contribution >= 0.6 is 0 Å². The van der Waals surface area contributed by atoms with Crippen molar-refractivity contribution in [3.8, 4) is 0 Å². The zero-order chi connectivity index (χ0) is 14.1. The van der Waals surface area contributed by atoms with Crippen LogP contribution in [-0.2, 0) is 17.6 Å². The molecule has 0 aliphatic carbocycles. The van der Waals surface area contributed by atoms with Gasteiger partial charge in [-0.15, -0.1) is 0 Å². The lowest BCUT2D eigenvalue weighted by atomic mass is 10.0. The van der Waals surface area contributed by atoms with Gasteiger partial charge in [0.2, 0.25) is 0 Å². The zero-order valence-corrected chi connectivity index (χ0v) is 12.8. The van der Waals surface area contributed by atoms with Gasteiger partial charge < -0.3 is 10.1 Å². The molecule has 1 heterocycles. The molecule has 19 heavy (non-hydrogen) atoms. The first-order chi connectivity index (χ1) is 9.19. The van der Waals surface area contributed by atoms with E-state index in [0.717, 1.165) is 37.9 Å². The molecule has 1 rings (SSSR count). The quantitative estimate of drug-likeness (QED) is 0.744. The van der Waals surface area contributed by atoms with E-state index in [4.69, 9.17) is 4.74 Å². The fourth-order valence-electron chi connectivity index (χ4n) is 2.12. The molecule has 0 aromatic carbocycles. The summed E-state index contributed by atoms with van der Waals surface area (Å²) in [5, 5.41) is 3.59. The molecule has 2 atom stereocenters. The van der Waals surface area contributed by atoms with Crippen molar-refractivity contribution < 1.29 is 4.74 Å². The third-order valence-corrected chi connectivity index (χ3v) is 3.45. The first kappa shape index (κ1) is 16.1. The van der Waals surface area contributed by atoms with Gasteiger partial charge in [0, 0.05) is 31.5 Å². The van der Waals surface area contributed by atoms with E-state index >= 15 is 0 Å². The van der Waals surface area contributed by atoms with Gasteiger partial charge in [-0.1, -0.05) is 19.9 Å². The molecule has 108 valence electrons. The van der Waals surface area contributed by atoms with Crippen LogP contribution in [0.4, 0.5) is 0 Å². The number of rotatable bonds is 9. The number of pyridine rings is 1. The summed E-state index contributed by atoms with van der Waals surface area (Å²) >= 11 is 0. The molecule has 1 N–H and O–H groups in total. The predicted octanol–water partition coefficient (Wildman–Crippen LogP) is 2.98. The van der Waals surface area contributed by atoms with Gasteiger partial charge in [-0.25, -0.2) is 0 Å². The van der Waals surface area contributed by atoms with Crippen LogP contribution in [-0.4, -0.2) is 30.8 Å². The van der Waals surface area contributed by atoms with Crippen LogP contribution < -0.4 is 5.32 Å². The highest BCUT2D eigenvalue weighted by Gasteiger charge is 2.13. The fraction of sp³-hybridized carbons (Fsp3) is 0.688. The third kappa shape index (κ3) is 6.17. The molecular weight excluding hydrogens is 236 g/mol. The largest absolute Gasteiger partial charge is 0.382 e. The molecule has 3 heteroatoms. The third-order valence-electron chi connectivity index (χ3n) is 3.45. The van der Waals surface area contributed by atoms with Crippen LogP contribution in [0.3, 0.4) is 0 Å². The fourth-order valence-corrected chi connectivity index (χ4v) is 2.12. The Labute approximate surface area is 117 Å². The van der Waals surface area contributed by atoms with Crippen LogP contribution in [0.5, 0.6) is 0 Å². The number of ether oxygens (including phenoxy) is 1. The maximum atomic E-state index is 5.37. The van der Waals surface area contributed by atoms with E-state index in [1.165, 1.54) is 5.56 Å². The molecule has 3 nitrogen and oxygen atoms in total. The molecule has 0 fully saturated rings. The van der Waals surface area contributed by atoms with Gasteiger partial charge in [0.15, 0.2) is 0 Å². The number of hydrogen-bond donors (Lipinski definition) is 1. The smallest absolute Gasteiger partial charge is 0.0558 e. The summed E-state index contributed by atoms with van der Waals surface area (Å²) in [5.74, 6) is 0. The second kappa shape index (κ2) is 9.05. The minimum Gasteiger partial charge on any atom is -0.382 e. The van der Waals surface area contributed by atoms with Crippen LogP contribution in [0.15, 0.2) is 18.3 Å². The second-order valence-electron chi connectivity index (χ2n) is 5.15. The molecule has 0 spiro atoms. The van der Waals surface area contributed by atoms with Crippen molar-refractivity contribution in [2.24, 2.45) is 0 Å². The molecule has 0 amide bonds. The van der Waals surface area contributed by atoms with E-state index in [0.29, 0.717) is 6.04 Å². The number of nitrogens with one attached hydrogen (secondary N) is 1. The standard InChI is InChI=1S/C16H28N2O/c1-5-9-17-16(10-13(3)19-4)11-15-8-7-14(6-2)12-18-15/h7-8,12-13,16-17H,5-6,9-11H2,1-4H3. The Morgan fingerprint density at radius 3 is 2.63 bits per heavy atom. The topological polar surface area (TPSA) is 34.2 Å².